The van der Waals surface area contributed by atoms with Crippen molar-refractivity contribution in [1.82, 2.24) is 0 Å². The molecule has 0 radical (unpaired) electrons. The number of anilines is 1. The van der Waals surface area contributed by atoms with Gasteiger partial charge in [-0.3, -0.25) is 4.79 Å². The molecule has 0 aliphatic rings. The number of benzene rings is 2. The van der Waals surface area contributed by atoms with E-state index in [9.17, 15) is 10.1 Å². The molecule has 0 aromatic heterocycles. The molecule has 0 saturated carbocycles. The molecule has 0 fully saturated rings. The maximum Gasteiger partial charge on any atom is 0.266 e. The molecule has 3 nitrogen and oxygen atoms in total. The fourth-order valence-corrected chi connectivity index (χ4v) is 2.33. The van der Waals surface area contributed by atoms with Crippen molar-refractivity contribution in [3.63, 3.8) is 0 Å². The highest BCUT2D eigenvalue weighted by Crippen LogP contribution is 2.19. The van der Waals surface area contributed by atoms with Gasteiger partial charge < -0.3 is 5.32 Å². The van der Waals surface area contributed by atoms with E-state index >= 15 is 0 Å². The van der Waals surface area contributed by atoms with E-state index in [1.165, 1.54) is 6.08 Å². The third-order valence-corrected chi connectivity index (χ3v) is 3.39. The molecule has 0 bridgehead atoms. The average molecular weight is 311 g/mol. The third kappa shape index (κ3) is 3.97. The molecule has 22 heavy (non-hydrogen) atoms. The van der Waals surface area contributed by atoms with Gasteiger partial charge in [-0.15, -0.1) is 0 Å². The van der Waals surface area contributed by atoms with Gasteiger partial charge in [-0.05, 0) is 54.8 Å². The molecule has 110 valence electrons. The van der Waals surface area contributed by atoms with Gasteiger partial charge in [0.1, 0.15) is 11.6 Å². The first kappa shape index (κ1) is 15.8. The summed E-state index contributed by atoms with van der Waals surface area (Å²) in [6, 6.07) is 14.7. The lowest BCUT2D eigenvalue weighted by Gasteiger charge is -2.07. The van der Waals surface area contributed by atoms with Crippen molar-refractivity contribution >= 4 is 29.3 Å². The van der Waals surface area contributed by atoms with Crippen LogP contribution in [-0.2, 0) is 4.79 Å². The number of halogens is 1. The summed E-state index contributed by atoms with van der Waals surface area (Å²) < 4.78 is 0. The van der Waals surface area contributed by atoms with E-state index in [1.807, 2.05) is 38.1 Å². The van der Waals surface area contributed by atoms with Crippen LogP contribution in [0, 0.1) is 25.2 Å². The molecule has 4 heteroatoms. The van der Waals surface area contributed by atoms with E-state index in [0.717, 1.165) is 11.1 Å². The van der Waals surface area contributed by atoms with Gasteiger partial charge in [-0.2, -0.15) is 5.26 Å². The lowest BCUT2D eigenvalue weighted by molar-refractivity contribution is -0.112. The molecule has 1 amide bonds. The number of hydrogen-bond acceptors (Lipinski definition) is 2. The Morgan fingerprint density at radius 2 is 1.82 bits per heavy atom. The summed E-state index contributed by atoms with van der Waals surface area (Å²) in [4.78, 5) is 12.2. The molecular weight excluding hydrogens is 296 g/mol. The Hall–Kier alpha value is -2.57. The molecule has 2 rings (SSSR count). The lowest BCUT2D eigenvalue weighted by Crippen LogP contribution is -2.13. The van der Waals surface area contributed by atoms with Crippen LogP contribution in [0.3, 0.4) is 0 Å². The summed E-state index contributed by atoms with van der Waals surface area (Å²) in [7, 11) is 0. The summed E-state index contributed by atoms with van der Waals surface area (Å²) in [6.45, 7) is 3.90. The standard InChI is InChI=1S/C18H15ClN2O/c1-12-7-13(2)9-16(8-12)21-18(22)15(11-20)10-14-5-3-4-6-17(14)19/h3-10H,1-2H3,(H,21,22)/b15-10+. The number of carbonyl (C=O) groups excluding carboxylic acids is 1. The van der Waals surface area contributed by atoms with Crippen LogP contribution >= 0.6 is 11.6 Å². The zero-order chi connectivity index (χ0) is 16.1. The van der Waals surface area contributed by atoms with E-state index in [2.05, 4.69) is 5.32 Å². The van der Waals surface area contributed by atoms with Crippen molar-refractivity contribution in [2.45, 2.75) is 13.8 Å². The van der Waals surface area contributed by atoms with Crippen molar-refractivity contribution in [3.8, 4) is 6.07 Å². The van der Waals surface area contributed by atoms with E-state index in [4.69, 9.17) is 11.6 Å². The number of carbonyl (C=O) groups is 1. The van der Waals surface area contributed by atoms with Crippen LogP contribution in [0.2, 0.25) is 5.02 Å². The highest BCUT2D eigenvalue weighted by atomic mass is 35.5. The quantitative estimate of drug-likeness (QED) is 0.670. The van der Waals surface area contributed by atoms with Crippen molar-refractivity contribution in [2.24, 2.45) is 0 Å². The zero-order valence-electron chi connectivity index (χ0n) is 12.4. The molecule has 0 heterocycles. The van der Waals surface area contributed by atoms with Crippen LogP contribution in [-0.4, -0.2) is 5.91 Å². The minimum Gasteiger partial charge on any atom is -0.321 e. The molecule has 2 aromatic rings. The highest BCUT2D eigenvalue weighted by Gasteiger charge is 2.10. The summed E-state index contributed by atoms with van der Waals surface area (Å²) in [5, 5.41) is 12.5. The fraction of sp³-hybridized carbons (Fsp3) is 0.111. The second-order valence-corrected chi connectivity index (χ2v) is 5.43. The monoisotopic (exact) mass is 310 g/mol. The van der Waals surface area contributed by atoms with Crippen LogP contribution in [0.15, 0.2) is 48.0 Å². The predicted octanol–water partition coefficient (Wildman–Crippen LogP) is 4.50. The maximum atomic E-state index is 12.2. The first-order chi connectivity index (χ1) is 10.5. The molecule has 0 spiro atoms. The normalized spacial score (nSPS) is 10.9. The Balaban J connectivity index is 2.26. The van der Waals surface area contributed by atoms with Gasteiger partial charge in [0, 0.05) is 10.7 Å². The molecule has 0 unspecified atom stereocenters. The second-order valence-electron chi connectivity index (χ2n) is 5.02. The van der Waals surface area contributed by atoms with Gasteiger partial charge in [0.25, 0.3) is 5.91 Å². The van der Waals surface area contributed by atoms with Gasteiger partial charge in [0.2, 0.25) is 0 Å². The molecule has 0 aliphatic carbocycles. The summed E-state index contributed by atoms with van der Waals surface area (Å²) >= 11 is 6.05. The summed E-state index contributed by atoms with van der Waals surface area (Å²) in [5.74, 6) is -0.451. The smallest absolute Gasteiger partial charge is 0.266 e. The zero-order valence-corrected chi connectivity index (χ0v) is 13.1. The first-order valence-electron chi connectivity index (χ1n) is 6.75. The molecular formula is C18H15ClN2O. The van der Waals surface area contributed by atoms with Crippen LogP contribution in [0.25, 0.3) is 6.08 Å². The Morgan fingerprint density at radius 1 is 1.18 bits per heavy atom. The van der Waals surface area contributed by atoms with Gasteiger partial charge in [-0.1, -0.05) is 35.9 Å². The third-order valence-electron chi connectivity index (χ3n) is 3.05. The Morgan fingerprint density at radius 3 is 2.41 bits per heavy atom. The predicted molar refractivity (Wildman–Crippen MR) is 89.6 cm³/mol. The van der Waals surface area contributed by atoms with Crippen LogP contribution in [0.4, 0.5) is 5.69 Å². The molecule has 0 aliphatic heterocycles. The number of nitrogens with zero attached hydrogens (tertiary/aromatic N) is 1. The van der Waals surface area contributed by atoms with Gasteiger partial charge in [-0.25, -0.2) is 0 Å². The van der Waals surface area contributed by atoms with Gasteiger partial charge in [0.05, 0.1) is 0 Å². The largest absolute Gasteiger partial charge is 0.321 e. The minimum absolute atomic E-state index is 0.00672. The van der Waals surface area contributed by atoms with Crippen molar-refractivity contribution in [1.29, 1.82) is 5.26 Å². The SMILES string of the molecule is Cc1cc(C)cc(NC(=O)/C(C#N)=C/c2ccccc2Cl)c1. The van der Waals surface area contributed by atoms with Gasteiger partial charge >= 0.3 is 0 Å². The van der Waals surface area contributed by atoms with E-state index in [-0.39, 0.29) is 5.57 Å². The number of nitriles is 1. The highest BCUT2D eigenvalue weighted by molar-refractivity contribution is 6.32. The Bertz CT molecular complexity index is 768. The summed E-state index contributed by atoms with van der Waals surface area (Å²) in [5.41, 5.74) is 3.40. The first-order valence-corrected chi connectivity index (χ1v) is 7.13. The Kier molecular flexibility index (Phi) is 4.98. The molecule has 1 N–H and O–H groups in total. The molecule has 0 atom stereocenters. The summed E-state index contributed by atoms with van der Waals surface area (Å²) in [6.07, 6.45) is 1.49. The topological polar surface area (TPSA) is 52.9 Å². The number of hydrogen-bond donors (Lipinski definition) is 1. The van der Waals surface area contributed by atoms with Gasteiger partial charge in [0.15, 0.2) is 0 Å². The lowest BCUT2D eigenvalue weighted by atomic mass is 10.1. The molecule has 0 saturated heterocycles. The van der Waals surface area contributed by atoms with Crippen molar-refractivity contribution < 1.29 is 4.79 Å². The van der Waals surface area contributed by atoms with E-state index in [1.54, 1.807) is 24.3 Å². The second kappa shape index (κ2) is 6.93. The van der Waals surface area contributed by atoms with Crippen LogP contribution in [0.5, 0.6) is 0 Å². The molecule has 2 aromatic carbocycles. The average Bonchev–Trinajstić information content (AvgIpc) is 2.45. The number of nitrogens with one attached hydrogen (secondary N) is 1. The van der Waals surface area contributed by atoms with E-state index < -0.39 is 5.91 Å². The van der Waals surface area contributed by atoms with Crippen LogP contribution in [0.1, 0.15) is 16.7 Å². The number of amides is 1. The fourth-order valence-electron chi connectivity index (χ4n) is 2.14. The van der Waals surface area contributed by atoms with Crippen molar-refractivity contribution in [2.75, 3.05) is 5.32 Å². The minimum atomic E-state index is -0.451. The maximum absolute atomic E-state index is 12.2. The van der Waals surface area contributed by atoms with E-state index in [0.29, 0.717) is 16.3 Å². The number of rotatable bonds is 3. The number of aryl methyl sites for hydroxylation is 2. The Labute approximate surface area is 134 Å². The van der Waals surface area contributed by atoms with Crippen LogP contribution < -0.4 is 5.32 Å². The van der Waals surface area contributed by atoms with Crippen molar-refractivity contribution in [3.05, 3.63) is 69.8 Å².